The van der Waals surface area contributed by atoms with Crippen LogP contribution in [0.2, 0.25) is 0 Å². The zero-order valence-electron chi connectivity index (χ0n) is 18.0. The fourth-order valence-electron chi connectivity index (χ4n) is 3.01. The highest BCUT2D eigenvalue weighted by Crippen LogP contribution is 2.38. The molecule has 0 radical (unpaired) electrons. The van der Waals surface area contributed by atoms with Gasteiger partial charge in [0.25, 0.3) is 5.91 Å². The summed E-state index contributed by atoms with van der Waals surface area (Å²) in [5.74, 6) is 0.884. The molecule has 7 nitrogen and oxygen atoms in total. The highest BCUT2D eigenvalue weighted by molar-refractivity contribution is 5.80. The van der Waals surface area contributed by atoms with Crippen LogP contribution in [0.1, 0.15) is 24.5 Å². The van der Waals surface area contributed by atoms with Crippen LogP contribution in [-0.2, 0) is 27.3 Å². The second-order valence-corrected chi connectivity index (χ2v) is 6.59. The molecule has 2 rings (SSSR count). The Hall–Kier alpha value is -3.22. The van der Waals surface area contributed by atoms with Crippen LogP contribution in [0.3, 0.4) is 0 Å². The van der Waals surface area contributed by atoms with E-state index < -0.39 is 5.97 Å². The van der Waals surface area contributed by atoms with E-state index in [0.29, 0.717) is 36.8 Å². The number of ether oxygens (including phenoxy) is 4. The largest absolute Gasteiger partial charge is 0.493 e. The number of carbonyl (C=O) groups is 2. The quantitative estimate of drug-likeness (QED) is 0.525. The van der Waals surface area contributed by atoms with E-state index in [0.717, 1.165) is 11.1 Å². The molecule has 7 heteroatoms. The molecule has 0 aliphatic rings. The lowest BCUT2D eigenvalue weighted by Gasteiger charge is -2.20. The van der Waals surface area contributed by atoms with Gasteiger partial charge in [0.2, 0.25) is 5.75 Å². The zero-order valence-corrected chi connectivity index (χ0v) is 18.0. The maximum atomic E-state index is 12.4. The number of aryl methyl sites for hydroxylation is 1. The summed E-state index contributed by atoms with van der Waals surface area (Å²) < 4.78 is 21.1. The van der Waals surface area contributed by atoms with Crippen molar-refractivity contribution in [1.82, 2.24) is 4.90 Å². The zero-order chi connectivity index (χ0) is 21.9. The number of rotatable bonds is 11. The predicted molar refractivity (Wildman–Crippen MR) is 113 cm³/mol. The summed E-state index contributed by atoms with van der Waals surface area (Å²) in [5, 5.41) is 0. The van der Waals surface area contributed by atoms with E-state index in [2.05, 4.69) is 0 Å². The van der Waals surface area contributed by atoms with Crippen molar-refractivity contribution in [3.05, 3.63) is 53.6 Å². The molecule has 30 heavy (non-hydrogen) atoms. The fourth-order valence-corrected chi connectivity index (χ4v) is 3.01. The maximum Gasteiger partial charge on any atom is 0.306 e. The molecule has 0 saturated carbocycles. The topological polar surface area (TPSA) is 74.3 Å². The van der Waals surface area contributed by atoms with E-state index in [1.165, 1.54) is 21.3 Å². The smallest absolute Gasteiger partial charge is 0.306 e. The summed E-state index contributed by atoms with van der Waals surface area (Å²) in [4.78, 5) is 26.2. The molecule has 0 fully saturated rings. The van der Waals surface area contributed by atoms with Crippen LogP contribution < -0.4 is 14.2 Å². The van der Waals surface area contributed by atoms with E-state index in [4.69, 9.17) is 18.9 Å². The lowest BCUT2D eigenvalue weighted by molar-refractivity contribution is -0.152. The van der Waals surface area contributed by atoms with Gasteiger partial charge in [-0.05, 0) is 36.6 Å². The Bertz CT molecular complexity index is 812. The van der Waals surface area contributed by atoms with Gasteiger partial charge in [-0.15, -0.1) is 0 Å². The van der Waals surface area contributed by atoms with Gasteiger partial charge in [0.1, 0.15) is 0 Å². The molecule has 2 aromatic rings. The number of amides is 1. The number of carbonyl (C=O) groups excluding carboxylic acids is 2. The Labute approximate surface area is 177 Å². The molecule has 0 heterocycles. The Morgan fingerprint density at radius 2 is 1.53 bits per heavy atom. The first kappa shape index (κ1) is 23.1. The molecule has 0 unspecified atom stereocenters. The van der Waals surface area contributed by atoms with Crippen molar-refractivity contribution < 1.29 is 28.5 Å². The standard InChI is InChI=1S/C23H29NO6/c1-5-24(15-17-9-7-6-8-10-17)21(25)16-30-22(26)12-11-18-13-19(27-2)23(29-4)20(14-18)28-3/h6-10,13-14H,5,11-12,15-16H2,1-4H3. The van der Waals surface area contributed by atoms with E-state index in [9.17, 15) is 9.59 Å². The number of hydrogen-bond acceptors (Lipinski definition) is 6. The van der Waals surface area contributed by atoms with Gasteiger partial charge in [-0.2, -0.15) is 0 Å². The molecule has 1 amide bonds. The summed E-state index contributed by atoms with van der Waals surface area (Å²) >= 11 is 0. The van der Waals surface area contributed by atoms with Crippen LogP contribution in [0, 0.1) is 0 Å². The third-order valence-corrected chi connectivity index (χ3v) is 4.65. The summed E-state index contributed by atoms with van der Waals surface area (Å²) in [5.41, 5.74) is 1.87. The SMILES string of the molecule is CCN(Cc1ccccc1)C(=O)COC(=O)CCc1cc(OC)c(OC)c(OC)c1. The molecule has 0 aliphatic carbocycles. The normalized spacial score (nSPS) is 10.3. The molecule has 0 bridgehead atoms. The molecule has 0 N–H and O–H groups in total. The molecule has 0 saturated heterocycles. The molecule has 0 aromatic heterocycles. The molecular weight excluding hydrogens is 386 g/mol. The number of likely N-dealkylation sites (N-methyl/N-ethyl adjacent to an activating group) is 1. The van der Waals surface area contributed by atoms with Gasteiger partial charge in [-0.25, -0.2) is 0 Å². The third kappa shape index (κ3) is 6.40. The number of benzene rings is 2. The van der Waals surface area contributed by atoms with Crippen molar-refractivity contribution in [3.63, 3.8) is 0 Å². The van der Waals surface area contributed by atoms with Gasteiger partial charge in [-0.1, -0.05) is 30.3 Å². The first-order chi connectivity index (χ1) is 14.5. The number of hydrogen-bond donors (Lipinski definition) is 0. The minimum Gasteiger partial charge on any atom is -0.493 e. The van der Waals surface area contributed by atoms with Crippen molar-refractivity contribution >= 4 is 11.9 Å². The van der Waals surface area contributed by atoms with Crippen molar-refractivity contribution in [1.29, 1.82) is 0 Å². The third-order valence-electron chi connectivity index (χ3n) is 4.65. The van der Waals surface area contributed by atoms with Crippen molar-refractivity contribution in [2.45, 2.75) is 26.3 Å². The maximum absolute atomic E-state index is 12.4. The lowest BCUT2D eigenvalue weighted by atomic mass is 10.1. The van der Waals surface area contributed by atoms with Gasteiger partial charge < -0.3 is 23.8 Å². The summed E-state index contributed by atoms with van der Waals surface area (Å²) in [6.07, 6.45) is 0.558. The van der Waals surface area contributed by atoms with Crippen molar-refractivity contribution in [2.75, 3.05) is 34.5 Å². The Kier molecular flexibility index (Phi) is 9.00. The van der Waals surface area contributed by atoms with Crippen LogP contribution in [0.15, 0.2) is 42.5 Å². The molecule has 162 valence electrons. The predicted octanol–water partition coefficient (Wildman–Crippen LogP) is 3.24. The molecule has 2 aromatic carbocycles. The Morgan fingerprint density at radius 1 is 0.900 bits per heavy atom. The van der Waals surface area contributed by atoms with Crippen molar-refractivity contribution in [2.24, 2.45) is 0 Å². The summed E-state index contributed by atoms with van der Waals surface area (Å²) in [6.45, 7) is 2.65. The van der Waals surface area contributed by atoms with Crippen LogP contribution in [0.5, 0.6) is 17.2 Å². The fraction of sp³-hybridized carbons (Fsp3) is 0.391. The van der Waals surface area contributed by atoms with Crippen LogP contribution in [0.4, 0.5) is 0 Å². The molecule has 0 spiro atoms. The second-order valence-electron chi connectivity index (χ2n) is 6.59. The van der Waals surface area contributed by atoms with Gasteiger partial charge in [0, 0.05) is 19.5 Å². The van der Waals surface area contributed by atoms with E-state index in [1.807, 2.05) is 37.3 Å². The number of nitrogens with zero attached hydrogens (tertiary/aromatic N) is 1. The van der Waals surface area contributed by atoms with Gasteiger partial charge >= 0.3 is 5.97 Å². The first-order valence-electron chi connectivity index (χ1n) is 9.78. The second kappa shape index (κ2) is 11.7. The highest BCUT2D eigenvalue weighted by atomic mass is 16.5. The number of esters is 1. The van der Waals surface area contributed by atoms with Crippen LogP contribution in [0.25, 0.3) is 0 Å². The lowest BCUT2D eigenvalue weighted by Crippen LogP contribution is -2.34. The van der Waals surface area contributed by atoms with Crippen LogP contribution >= 0.6 is 0 Å². The van der Waals surface area contributed by atoms with Crippen molar-refractivity contribution in [3.8, 4) is 17.2 Å². The number of methoxy groups -OCH3 is 3. The molecule has 0 atom stereocenters. The first-order valence-corrected chi connectivity index (χ1v) is 9.78. The summed E-state index contributed by atoms with van der Waals surface area (Å²) in [6, 6.07) is 13.3. The van der Waals surface area contributed by atoms with Crippen LogP contribution in [-0.4, -0.2) is 51.3 Å². The average molecular weight is 415 g/mol. The van der Waals surface area contributed by atoms with Gasteiger partial charge in [0.05, 0.1) is 21.3 Å². The average Bonchev–Trinajstić information content (AvgIpc) is 2.79. The Morgan fingerprint density at radius 3 is 2.07 bits per heavy atom. The highest BCUT2D eigenvalue weighted by Gasteiger charge is 2.16. The molecular formula is C23H29NO6. The van der Waals surface area contributed by atoms with Gasteiger partial charge in [0.15, 0.2) is 18.1 Å². The Balaban J connectivity index is 1.88. The molecule has 0 aliphatic heterocycles. The minimum absolute atomic E-state index is 0.136. The van der Waals surface area contributed by atoms with E-state index >= 15 is 0 Å². The van der Waals surface area contributed by atoms with Gasteiger partial charge in [-0.3, -0.25) is 9.59 Å². The van der Waals surface area contributed by atoms with E-state index in [1.54, 1.807) is 17.0 Å². The summed E-state index contributed by atoms with van der Waals surface area (Å²) in [7, 11) is 4.61. The minimum atomic E-state index is -0.437. The van der Waals surface area contributed by atoms with E-state index in [-0.39, 0.29) is 18.9 Å². The monoisotopic (exact) mass is 415 g/mol.